The Labute approximate surface area is 112 Å². The van der Waals surface area contributed by atoms with E-state index < -0.39 is 0 Å². The van der Waals surface area contributed by atoms with Gasteiger partial charge in [0.05, 0.1) is 0 Å². The molecule has 94 valence electrons. The molecule has 1 N–H and O–H groups in total. The summed E-state index contributed by atoms with van der Waals surface area (Å²) in [4.78, 5) is 0. The Kier molecular flexibility index (Phi) is 2.18. The zero-order valence-corrected chi connectivity index (χ0v) is 10.9. The van der Waals surface area contributed by atoms with Gasteiger partial charge in [0, 0.05) is 23.2 Å². The molecule has 0 aliphatic carbocycles. The van der Waals surface area contributed by atoms with Crippen molar-refractivity contribution >= 4 is 16.7 Å². The van der Waals surface area contributed by atoms with Crippen LogP contribution in [0.1, 0.15) is 11.1 Å². The lowest BCUT2D eigenvalue weighted by atomic mass is 10.1. The number of fused-ring (bicyclic) bond motifs is 2. The summed E-state index contributed by atoms with van der Waals surface area (Å²) in [6.45, 7) is 3.14. The molecule has 19 heavy (non-hydrogen) atoms. The zero-order valence-electron chi connectivity index (χ0n) is 10.9. The first-order chi connectivity index (χ1) is 9.29. The van der Waals surface area contributed by atoms with Gasteiger partial charge in [0.25, 0.3) is 0 Å². The van der Waals surface area contributed by atoms with Crippen molar-refractivity contribution in [2.24, 2.45) is 0 Å². The van der Waals surface area contributed by atoms with Crippen LogP contribution in [0, 0.1) is 6.92 Å². The predicted octanol–water partition coefficient (Wildman–Crippen LogP) is 4.38. The van der Waals surface area contributed by atoms with Crippen molar-refractivity contribution in [3.63, 3.8) is 0 Å². The molecule has 0 fully saturated rings. The van der Waals surface area contributed by atoms with Crippen molar-refractivity contribution in [3.8, 4) is 11.3 Å². The van der Waals surface area contributed by atoms with Crippen LogP contribution in [0.25, 0.3) is 22.3 Å². The van der Waals surface area contributed by atoms with E-state index in [9.17, 15) is 0 Å². The fourth-order valence-electron chi connectivity index (χ4n) is 2.75. The van der Waals surface area contributed by atoms with Gasteiger partial charge in [-0.1, -0.05) is 23.8 Å². The molecule has 0 radical (unpaired) electrons. The van der Waals surface area contributed by atoms with Crippen LogP contribution in [0.15, 0.2) is 46.9 Å². The van der Waals surface area contributed by atoms with Crippen molar-refractivity contribution in [2.45, 2.75) is 13.3 Å². The molecule has 0 saturated carbocycles. The molecule has 4 rings (SSSR count). The third-order valence-electron chi connectivity index (χ3n) is 3.78. The minimum Gasteiger partial charge on any atom is -0.456 e. The van der Waals surface area contributed by atoms with Gasteiger partial charge in [0.2, 0.25) is 0 Å². The van der Waals surface area contributed by atoms with Gasteiger partial charge in [-0.3, -0.25) is 0 Å². The van der Waals surface area contributed by atoms with E-state index in [1.165, 1.54) is 22.2 Å². The molecular formula is C17H15NO. The quantitative estimate of drug-likeness (QED) is 0.692. The fourth-order valence-corrected chi connectivity index (χ4v) is 2.75. The first kappa shape index (κ1) is 10.7. The molecule has 2 heteroatoms. The molecule has 0 spiro atoms. The van der Waals surface area contributed by atoms with E-state index in [0.717, 1.165) is 29.9 Å². The molecule has 0 saturated heterocycles. The first-order valence-corrected chi connectivity index (χ1v) is 6.67. The number of anilines is 1. The summed E-state index contributed by atoms with van der Waals surface area (Å²) in [5, 5.41) is 4.58. The van der Waals surface area contributed by atoms with Crippen molar-refractivity contribution < 1.29 is 4.42 Å². The zero-order chi connectivity index (χ0) is 12.8. The van der Waals surface area contributed by atoms with Gasteiger partial charge in [-0.2, -0.15) is 0 Å². The molecule has 2 nitrogen and oxygen atoms in total. The molecule has 0 bridgehead atoms. The fraction of sp³-hybridized carbons (Fsp3) is 0.176. The minimum atomic E-state index is 0.942. The molecule has 2 heterocycles. The molecule has 0 atom stereocenters. The first-order valence-electron chi connectivity index (χ1n) is 6.67. The Morgan fingerprint density at radius 3 is 2.95 bits per heavy atom. The Morgan fingerprint density at radius 2 is 2.00 bits per heavy atom. The van der Waals surface area contributed by atoms with Gasteiger partial charge < -0.3 is 9.73 Å². The standard InChI is InChI=1S/C17H15NO/c1-11-2-5-16-14(8-11)10-17(19-16)13-4-3-12-6-7-18-15(12)9-13/h2-5,8-10,18H,6-7H2,1H3. The van der Waals surface area contributed by atoms with Crippen LogP contribution in [0.3, 0.4) is 0 Å². The van der Waals surface area contributed by atoms with E-state index in [-0.39, 0.29) is 0 Å². The molecular weight excluding hydrogens is 234 g/mol. The van der Waals surface area contributed by atoms with Crippen LogP contribution < -0.4 is 5.32 Å². The predicted molar refractivity (Wildman–Crippen MR) is 78.6 cm³/mol. The second-order valence-corrected chi connectivity index (χ2v) is 5.20. The summed E-state index contributed by atoms with van der Waals surface area (Å²) in [6, 6.07) is 14.9. The largest absolute Gasteiger partial charge is 0.456 e. The maximum Gasteiger partial charge on any atom is 0.135 e. The van der Waals surface area contributed by atoms with Crippen LogP contribution in [-0.4, -0.2) is 6.54 Å². The monoisotopic (exact) mass is 249 g/mol. The van der Waals surface area contributed by atoms with E-state index in [0.29, 0.717) is 0 Å². The van der Waals surface area contributed by atoms with Crippen molar-refractivity contribution in [3.05, 3.63) is 53.6 Å². The SMILES string of the molecule is Cc1ccc2oc(-c3ccc4c(c3)NCC4)cc2c1. The summed E-state index contributed by atoms with van der Waals surface area (Å²) in [6.07, 6.45) is 1.12. The summed E-state index contributed by atoms with van der Waals surface area (Å²) in [5.41, 5.74) is 6.00. The number of benzene rings is 2. The maximum atomic E-state index is 5.94. The highest BCUT2D eigenvalue weighted by molar-refractivity contribution is 5.84. The molecule has 1 aromatic heterocycles. The molecule has 2 aromatic carbocycles. The Bertz CT molecular complexity index is 770. The Morgan fingerprint density at radius 1 is 1.05 bits per heavy atom. The Hall–Kier alpha value is -2.22. The third-order valence-corrected chi connectivity index (χ3v) is 3.78. The number of aryl methyl sites for hydroxylation is 1. The van der Waals surface area contributed by atoms with E-state index in [4.69, 9.17) is 4.42 Å². The highest BCUT2D eigenvalue weighted by atomic mass is 16.3. The van der Waals surface area contributed by atoms with Gasteiger partial charge in [0.15, 0.2) is 0 Å². The molecule has 0 unspecified atom stereocenters. The second kappa shape index (κ2) is 3.89. The topological polar surface area (TPSA) is 25.2 Å². The number of nitrogens with one attached hydrogen (secondary N) is 1. The lowest BCUT2D eigenvalue weighted by Gasteiger charge is -2.02. The smallest absolute Gasteiger partial charge is 0.135 e. The summed E-state index contributed by atoms with van der Waals surface area (Å²) >= 11 is 0. The van der Waals surface area contributed by atoms with Crippen LogP contribution in [0.2, 0.25) is 0 Å². The number of hydrogen-bond donors (Lipinski definition) is 1. The average Bonchev–Trinajstić information content (AvgIpc) is 3.02. The number of hydrogen-bond acceptors (Lipinski definition) is 2. The van der Waals surface area contributed by atoms with Gasteiger partial charge in [-0.15, -0.1) is 0 Å². The summed E-state index contributed by atoms with van der Waals surface area (Å²) in [5.74, 6) is 0.942. The van der Waals surface area contributed by atoms with Gasteiger partial charge >= 0.3 is 0 Å². The second-order valence-electron chi connectivity index (χ2n) is 5.20. The van der Waals surface area contributed by atoms with Crippen molar-refractivity contribution in [2.75, 3.05) is 11.9 Å². The lowest BCUT2D eigenvalue weighted by molar-refractivity contribution is 0.631. The van der Waals surface area contributed by atoms with Crippen LogP contribution in [-0.2, 0) is 6.42 Å². The average molecular weight is 249 g/mol. The normalized spacial score (nSPS) is 13.5. The van der Waals surface area contributed by atoms with Crippen molar-refractivity contribution in [1.82, 2.24) is 0 Å². The molecule has 1 aliphatic heterocycles. The van der Waals surface area contributed by atoms with E-state index >= 15 is 0 Å². The molecule has 3 aromatic rings. The van der Waals surface area contributed by atoms with E-state index in [2.05, 4.69) is 48.6 Å². The highest BCUT2D eigenvalue weighted by Crippen LogP contribution is 2.32. The van der Waals surface area contributed by atoms with E-state index in [1.807, 2.05) is 6.07 Å². The number of rotatable bonds is 1. The summed E-state index contributed by atoms with van der Waals surface area (Å²) < 4.78 is 5.94. The van der Waals surface area contributed by atoms with Gasteiger partial charge in [-0.05, 0) is 43.2 Å². The van der Waals surface area contributed by atoms with Crippen LogP contribution >= 0.6 is 0 Å². The number of furan rings is 1. The van der Waals surface area contributed by atoms with Crippen molar-refractivity contribution in [1.29, 1.82) is 0 Å². The maximum absolute atomic E-state index is 5.94. The minimum absolute atomic E-state index is 0.942. The molecule has 1 aliphatic rings. The van der Waals surface area contributed by atoms with Gasteiger partial charge in [0.1, 0.15) is 11.3 Å². The van der Waals surface area contributed by atoms with Gasteiger partial charge in [-0.25, -0.2) is 0 Å². The van der Waals surface area contributed by atoms with Crippen LogP contribution in [0.5, 0.6) is 0 Å². The third kappa shape index (κ3) is 1.72. The molecule has 0 amide bonds. The Balaban J connectivity index is 1.85. The highest BCUT2D eigenvalue weighted by Gasteiger charge is 2.12. The lowest BCUT2D eigenvalue weighted by Crippen LogP contribution is -1.90. The van der Waals surface area contributed by atoms with Crippen LogP contribution in [0.4, 0.5) is 5.69 Å². The summed E-state index contributed by atoms with van der Waals surface area (Å²) in [7, 11) is 0. The van der Waals surface area contributed by atoms with E-state index in [1.54, 1.807) is 0 Å².